The first kappa shape index (κ1) is 13.8. The van der Waals surface area contributed by atoms with Gasteiger partial charge in [-0.1, -0.05) is 11.5 Å². The number of anilines is 2. The number of tetrazole rings is 1. The van der Waals surface area contributed by atoms with Crippen LogP contribution in [0.4, 0.5) is 11.9 Å². The fraction of sp³-hybridized carbons (Fsp3) is 0.455. The third-order valence-electron chi connectivity index (χ3n) is 2.53. The van der Waals surface area contributed by atoms with Gasteiger partial charge in [0, 0.05) is 25.4 Å². The smallest absolute Gasteiger partial charge is 0.269 e. The quantitative estimate of drug-likeness (QED) is 0.603. The number of nitrogens with one attached hydrogen (secondary N) is 3. The zero-order chi connectivity index (χ0) is 14.0. The van der Waals surface area contributed by atoms with Gasteiger partial charge >= 0.3 is 0 Å². The largest absolute Gasteiger partial charge is 0.354 e. The van der Waals surface area contributed by atoms with Gasteiger partial charge in [-0.2, -0.15) is 5.21 Å². The summed E-state index contributed by atoms with van der Waals surface area (Å²) in [6, 6.07) is 1.77. The molecule has 1 amide bonds. The lowest BCUT2D eigenvalue weighted by molar-refractivity contribution is -0.116. The second kappa shape index (κ2) is 7.77. The Hall–Kier alpha value is -2.58. The molecule has 0 bridgehead atoms. The molecule has 2 aromatic rings. The van der Waals surface area contributed by atoms with Gasteiger partial charge < -0.3 is 5.32 Å². The molecule has 2 rings (SSSR count). The van der Waals surface area contributed by atoms with Gasteiger partial charge in [0.2, 0.25) is 11.9 Å². The average Bonchev–Trinajstić information content (AvgIpc) is 2.96. The highest BCUT2D eigenvalue weighted by Gasteiger charge is 2.04. The number of nitrogens with zero attached hydrogens (tertiary/aromatic N) is 5. The van der Waals surface area contributed by atoms with Gasteiger partial charge in [-0.05, 0) is 24.1 Å². The summed E-state index contributed by atoms with van der Waals surface area (Å²) in [7, 11) is 0. The number of aromatic nitrogens is 6. The molecule has 9 heteroatoms. The Balaban J connectivity index is 1.50. The van der Waals surface area contributed by atoms with Crippen molar-refractivity contribution in [1.82, 2.24) is 30.6 Å². The van der Waals surface area contributed by atoms with E-state index in [2.05, 4.69) is 41.2 Å². The Morgan fingerprint density at radius 1 is 1.15 bits per heavy atom. The van der Waals surface area contributed by atoms with Gasteiger partial charge in [-0.25, -0.2) is 9.97 Å². The summed E-state index contributed by atoms with van der Waals surface area (Å²) in [6.45, 7) is 0.788. The second-order valence-corrected chi connectivity index (χ2v) is 4.09. The minimum atomic E-state index is -0.106. The first-order valence-corrected chi connectivity index (χ1v) is 6.39. The number of hydrogen-bond acceptors (Lipinski definition) is 7. The van der Waals surface area contributed by atoms with Crippen LogP contribution in [-0.4, -0.2) is 43.0 Å². The molecular weight excluding hydrogens is 260 g/mol. The Bertz CT molecular complexity index is 500. The van der Waals surface area contributed by atoms with E-state index in [0.717, 1.165) is 25.8 Å². The first-order chi connectivity index (χ1) is 9.84. The van der Waals surface area contributed by atoms with Crippen LogP contribution in [0.1, 0.15) is 25.7 Å². The molecule has 0 aromatic carbocycles. The lowest BCUT2D eigenvalue weighted by Crippen LogP contribution is -2.12. The fourth-order valence-corrected chi connectivity index (χ4v) is 1.58. The minimum absolute atomic E-state index is 0.106. The number of hydrogen-bond donors (Lipinski definition) is 3. The van der Waals surface area contributed by atoms with Gasteiger partial charge in [0.15, 0.2) is 0 Å². The maximum atomic E-state index is 11.5. The Labute approximate surface area is 115 Å². The van der Waals surface area contributed by atoms with Crippen molar-refractivity contribution in [2.75, 3.05) is 17.2 Å². The lowest BCUT2D eigenvalue weighted by atomic mass is 10.2. The predicted molar refractivity (Wildman–Crippen MR) is 71.8 cm³/mol. The van der Waals surface area contributed by atoms with E-state index >= 15 is 0 Å². The number of amides is 1. The van der Waals surface area contributed by atoms with Gasteiger partial charge in [-0.15, -0.1) is 5.10 Å². The summed E-state index contributed by atoms with van der Waals surface area (Å²) in [5, 5.41) is 18.6. The van der Waals surface area contributed by atoms with E-state index in [0.29, 0.717) is 12.4 Å². The van der Waals surface area contributed by atoms with E-state index < -0.39 is 0 Å². The fourth-order valence-electron chi connectivity index (χ4n) is 1.58. The maximum absolute atomic E-state index is 11.5. The van der Waals surface area contributed by atoms with Crippen molar-refractivity contribution < 1.29 is 4.79 Å². The molecule has 0 saturated heterocycles. The maximum Gasteiger partial charge on any atom is 0.269 e. The number of carbonyl (C=O) groups is 1. The number of carbonyl (C=O) groups excluding carboxylic acids is 1. The van der Waals surface area contributed by atoms with Crippen LogP contribution in [0, 0.1) is 0 Å². The molecule has 0 aliphatic heterocycles. The third kappa shape index (κ3) is 4.96. The van der Waals surface area contributed by atoms with Crippen LogP contribution in [0.5, 0.6) is 0 Å². The van der Waals surface area contributed by atoms with Crippen molar-refractivity contribution in [3.05, 3.63) is 18.5 Å². The molecule has 20 heavy (non-hydrogen) atoms. The van der Waals surface area contributed by atoms with Crippen LogP contribution in [0.15, 0.2) is 18.5 Å². The van der Waals surface area contributed by atoms with E-state index in [-0.39, 0.29) is 11.9 Å². The van der Waals surface area contributed by atoms with Crippen molar-refractivity contribution in [3.63, 3.8) is 0 Å². The molecule has 9 nitrogen and oxygen atoms in total. The van der Waals surface area contributed by atoms with E-state index in [1.807, 2.05) is 0 Å². The molecule has 0 saturated carbocycles. The Kier molecular flexibility index (Phi) is 5.38. The zero-order valence-electron chi connectivity index (χ0n) is 10.9. The highest BCUT2D eigenvalue weighted by Crippen LogP contribution is 2.03. The van der Waals surface area contributed by atoms with E-state index in [9.17, 15) is 4.79 Å². The summed E-state index contributed by atoms with van der Waals surface area (Å²) in [6.07, 6.45) is 6.53. The molecule has 0 fully saturated rings. The van der Waals surface area contributed by atoms with Crippen LogP contribution in [0.2, 0.25) is 0 Å². The number of unbranched alkanes of at least 4 members (excludes halogenated alkanes) is 2. The van der Waals surface area contributed by atoms with Crippen molar-refractivity contribution in [2.24, 2.45) is 0 Å². The minimum Gasteiger partial charge on any atom is -0.354 e. The molecule has 0 unspecified atom stereocenters. The van der Waals surface area contributed by atoms with Gasteiger partial charge in [0.25, 0.3) is 5.95 Å². The van der Waals surface area contributed by atoms with Crippen molar-refractivity contribution >= 4 is 17.8 Å². The summed E-state index contributed by atoms with van der Waals surface area (Å²) < 4.78 is 0. The topological polar surface area (TPSA) is 121 Å². The Morgan fingerprint density at radius 2 is 2.00 bits per heavy atom. The van der Waals surface area contributed by atoms with E-state index in [4.69, 9.17) is 0 Å². The molecule has 106 valence electrons. The van der Waals surface area contributed by atoms with Crippen LogP contribution in [0.25, 0.3) is 0 Å². The molecule has 3 N–H and O–H groups in total. The molecule has 0 aliphatic rings. The highest BCUT2D eigenvalue weighted by atomic mass is 16.1. The number of rotatable bonds is 8. The van der Waals surface area contributed by atoms with E-state index in [1.54, 1.807) is 18.5 Å². The van der Waals surface area contributed by atoms with Crippen molar-refractivity contribution in [2.45, 2.75) is 25.7 Å². The summed E-state index contributed by atoms with van der Waals surface area (Å²) >= 11 is 0. The zero-order valence-corrected chi connectivity index (χ0v) is 10.9. The predicted octanol–water partition coefficient (Wildman–Crippen LogP) is 0.601. The number of aromatic amines is 1. The average molecular weight is 276 g/mol. The second-order valence-electron chi connectivity index (χ2n) is 4.09. The number of H-pyrrole nitrogens is 1. The summed E-state index contributed by atoms with van der Waals surface area (Å²) in [5.74, 6) is 0.728. The van der Waals surface area contributed by atoms with Crippen molar-refractivity contribution in [1.29, 1.82) is 0 Å². The molecule has 0 aliphatic carbocycles. The summed E-state index contributed by atoms with van der Waals surface area (Å²) in [4.78, 5) is 19.6. The molecule has 2 heterocycles. The van der Waals surface area contributed by atoms with Crippen LogP contribution >= 0.6 is 0 Å². The third-order valence-corrected chi connectivity index (χ3v) is 2.53. The van der Waals surface area contributed by atoms with Crippen LogP contribution in [0.3, 0.4) is 0 Å². The molecular formula is C11H16N8O. The van der Waals surface area contributed by atoms with Crippen molar-refractivity contribution in [3.8, 4) is 0 Å². The van der Waals surface area contributed by atoms with Crippen LogP contribution < -0.4 is 10.6 Å². The van der Waals surface area contributed by atoms with Gasteiger partial charge in [-0.3, -0.25) is 10.1 Å². The Morgan fingerprint density at radius 3 is 2.75 bits per heavy atom. The normalized spacial score (nSPS) is 10.2. The van der Waals surface area contributed by atoms with Gasteiger partial charge in [0.1, 0.15) is 0 Å². The molecule has 2 aromatic heterocycles. The lowest BCUT2D eigenvalue weighted by Gasteiger charge is -2.04. The molecule has 0 atom stereocenters. The highest BCUT2D eigenvalue weighted by molar-refractivity contribution is 5.88. The van der Waals surface area contributed by atoms with E-state index in [1.165, 1.54) is 0 Å². The monoisotopic (exact) mass is 276 g/mol. The molecule has 0 spiro atoms. The molecule has 0 radical (unpaired) electrons. The van der Waals surface area contributed by atoms with Crippen LogP contribution in [-0.2, 0) is 4.79 Å². The standard InChI is InChI=1S/C11H16N8O/c20-9(15-11-16-18-19-17-11)5-2-1-3-6-12-10-13-7-4-8-14-10/h4,7-8H,1-3,5-6H2,(H,12,13,14)(H2,15,16,17,18,19,20). The SMILES string of the molecule is O=C(CCCCCNc1ncccn1)Nc1nn[nH]n1. The summed E-state index contributed by atoms with van der Waals surface area (Å²) in [5.41, 5.74) is 0. The van der Waals surface area contributed by atoms with Gasteiger partial charge in [0.05, 0.1) is 0 Å². The first-order valence-electron chi connectivity index (χ1n) is 6.39.